The normalized spacial score (nSPS) is 11.1. The Bertz CT molecular complexity index is 370. The van der Waals surface area contributed by atoms with Gasteiger partial charge in [0.2, 0.25) is 0 Å². The molecule has 0 unspecified atom stereocenters. The van der Waals surface area contributed by atoms with Gasteiger partial charge in [0, 0.05) is 6.54 Å². The van der Waals surface area contributed by atoms with Crippen molar-refractivity contribution in [2.75, 3.05) is 25.5 Å². The van der Waals surface area contributed by atoms with Crippen LogP contribution in [-0.4, -0.2) is 30.6 Å². The summed E-state index contributed by atoms with van der Waals surface area (Å²) in [6, 6.07) is 0. The highest BCUT2D eigenvalue weighted by atomic mass is 31.1. The van der Waals surface area contributed by atoms with E-state index in [1.54, 1.807) is 0 Å². The standard InChI is InChI=1S/C36H75P.C2H7NO/c1-3-5-7-9-11-13-15-17-19-21-23-25-27-29-31-33-35-37-36-34-32-30-28-26-24-22-20-18-16-14-12-10-8-6-4-2;3-1-2-4/h37H,3-36H2,1-2H3;4H,1-3H2. The Morgan fingerprint density at radius 3 is 0.683 bits per heavy atom. The molecule has 0 spiro atoms. The first-order chi connectivity index (χ1) is 20.3. The number of hydrogen-bond donors (Lipinski definition) is 2. The van der Waals surface area contributed by atoms with Gasteiger partial charge in [-0.3, -0.25) is 0 Å². The first kappa shape index (κ1) is 43.5. The van der Waals surface area contributed by atoms with Crippen molar-refractivity contribution < 1.29 is 5.11 Å². The van der Waals surface area contributed by atoms with E-state index in [9.17, 15) is 0 Å². The summed E-state index contributed by atoms with van der Waals surface area (Å²) in [5.74, 6) is 0. The minimum Gasteiger partial charge on any atom is -0.395 e. The first-order valence-corrected chi connectivity index (χ1v) is 20.8. The van der Waals surface area contributed by atoms with Crippen LogP contribution in [0.1, 0.15) is 219 Å². The Labute approximate surface area is 263 Å². The van der Waals surface area contributed by atoms with Crippen molar-refractivity contribution in [1.29, 1.82) is 0 Å². The average molecular weight is 600 g/mol. The summed E-state index contributed by atoms with van der Waals surface area (Å²) < 4.78 is 0. The molecule has 0 rings (SSSR count). The molecule has 0 aromatic heterocycles. The Morgan fingerprint density at radius 2 is 0.512 bits per heavy atom. The van der Waals surface area contributed by atoms with E-state index in [-0.39, 0.29) is 6.61 Å². The van der Waals surface area contributed by atoms with Gasteiger partial charge in [0.1, 0.15) is 0 Å². The lowest BCUT2D eigenvalue weighted by Gasteiger charge is -2.05. The van der Waals surface area contributed by atoms with Gasteiger partial charge < -0.3 is 10.8 Å². The van der Waals surface area contributed by atoms with Crippen LogP contribution >= 0.6 is 8.58 Å². The van der Waals surface area contributed by atoms with Crippen molar-refractivity contribution in [3.63, 3.8) is 0 Å². The Kier molecular flexibility index (Phi) is 47.5. The third-order valence-electron chi connectivity index (χ3n) is 8.54. The summed E-state index contributed by atoms with van der Waals surface area (Å²) >= 11 is 0. The zero-order valence-electron chi connectivity index (χ0n) is 29.0. The van der Waals surface area contributed by atoms with E-state index < -0.39 is 0 Å². The highest BCUT2D eigenvalue weighted by molar-refractivity contribution is 7.37. The molecule has 0 fully saturated rings. The predicted octanol–water partition coefficient (Wildman–Crippen LogP) is 13.1. The van der Waals surface area contributed by atoms with Crippen LogP contribution in [0.5, 0.6) is 0 Å². The predicted molar refractivity (Wildman–Crippen MR) is 193 cm³/mol. The molecule has 0 heterocycles. The first-order valence-electron chi connectivity index (χ1n) is 19.3. The largest absolute Gasteiger partial charge is 0.395 e. The highest BCUT2D eigenvalue weighted by Crippen LogP contribution is 2.19. The van der Waals surface area contributed by atoms with Crippen molar-refractivity contribution in [2.45, 2.75) is 219 Å². The molecular formula is C38H82NOP. The molecule has 3 heteroatoms. The van der Waals surface area contributed by atoms with Gasteiger partial charge in [-0.1, -0.05) is 206 Å². The Hall–Kier alpha value is 0.350. The summed E-state index contributed by atoms with van der Waals surface area (Å²) in [4.78, 5) is 0. The van der Waals surface area contributed by atoms with Gasteiger partial charge in [-0.15, -0.1) is 8.58 Å². The van der Waals surface area contributed by atoms with Crippen LogP contribution in [0.3, 0.4) is 0 Å². The van der Waals surface area contributed by atoms with Crippen molar-refractivity contribution in [3.05, 3.63) is 0 Å². The van der Waals surface area contributed by atoms with E-state index in [1.165, 1.54) is 226 Å². The van der Waals surface area contributed by atoms with Crippen LogP contribution in [0.4, 0.5) is 0 Å². The minimum absolute atomic E-state index is 0.0972. The van der Waals surface area contributed by atoms with Gasteiger partial charge in [0.25, 0.3) is 0 Å². The second kappa shape index (κ2) is 44.8. The average Bonchev–Trinajstić information content (AvgIpc) is 2.99. The van der Waals surface area contributed by atoms with Crippen molar-refractivity contribution in [3.8, 4) is 0 Å². The number of aliphatic hydroxyl groups is 1. The fraction of sp³-hybridized carbons (Fsp3) is 1.00. The molecule has 41 heavy (non-hydrogen) atoms. The molecule has 0 aliphatic heterocycles. The zero-order valence-corrected chi connectivity index (χ0v) is 30.0. The van der Waals surface area contributed by atoms with Crippen LogP contribution in [-0.2, 0) is 0 Å². The summed E-state index contributed by atoms with van der Waals surface area (Å²) in [5.41, 5.74) is 4.78. The van der Waals surface area contributed by atoms with Crippen molar-refractivity contribution in [2.24, 2.45) is 5.73 Å². The van der Waals surface area contributed by atoms with Crippen LogP contribution in [0, 0.1) is 0 Å². The number of rotatable bonds is 35. The van der Waals surface area contributed by atoms with Gasteiger partial charge in [-0.25, -0.2) is 0 Å². The molecule has 250 valence electrons. The molecule has 0 aromatic rings. The van der Waals surface area contributed by atoms with Gasteiger partial charge in [-0.2, -0.15) is 0 Å². The molecule has 0 atom stereocenters. The molecule has 0 aliphatic rings. The maximum atomic E-state index is 7.75. The van der Waals surface area contributed by atoms with E-state index in [4.69, 9.17) is 10.8 Å². The van der Waals surface area contributed by atoms with Gasteiger partial charge in [0.05, 0.1) is 6.61 Å². The SMILES string of the molecule is CCCCCCCCCCCCCCCCCCPCCCCCCCCCCCCCCCCCC.NCCO. The third-order valence-corrected chi connectivity index (χ3v) is 9.96. The number of hydrogen-bond acceptors (Lipinski definition) is 2. The van der Waals surface area contributed by atoms with Crippen LogP contribution in [0.2, 0.25) is 0 Å². The summed E-state index contributed by atoms with van der Waals surface area (Å²) in [6.07, 6.45) is 50.5. The topological polar surface area (TPSA) is 46.2 Å². The van der Waals surface area contributed by atoms with Crippen molar-refractivity contribution >= 4 is 8.58 Å². The molecule has 2 nitrogen and oxygen atoms in total. The smallest absolute Gasteiger partial charge is 0.0553 e. The molecule has 0 aromatic carbocycles. The zero-order chi connectivity index (χ0) is 30.2. The quantitative estimate of drug-likeness (QED) is 0.0562. The van der Waals surface area contributed by atoms with E-state index in [0.29, 0.717) is 6.54 Å². The minimum atomic E-state index is 0.0972. The molecule has 0 saturated heterocycles. The van der Waals surface area contributed by atoms with Crippen LogP contribution < -0.4 is 5.73 Å². The highest BCUT2D eigenvalue weighted by Gasteiger charge is 1.97. The maximum absolute atomic E-state index is 7.75. The number of nitrogens with two attached hydrogens (primary N) is 1. The number of aliphatic hydroxyl groups excluding tert-OH is 1. The lowest BCUT2D eigenvalue weighted by atomic mass is 10.0. The summed E-state index contributed by atoms with van der Waals surface area (Å²) in [7, 11) is 1.25. The van der Waals surface area contributed by atoms with Crippen molar-refractivity contribution in [1.82, 2.24) is 0 Å². The molecular weight excluding hydrogens is 517 g/mol. The molecule has 0 saturated carbocycles. The molecule has 0 aliphatic carbocycles. The van der Waals surface area contributed by atoms with E-state index in [1.807, 2.05) is 0 Å². The van der Waals surface area contributed by atoms with Crippen LogP contribution in [0.25, 0.3) is 0 Å². The maximum Gasteiger partial charge on any atom is 0.0553 e. The van der Waals surface area contributed by atoms with Gasteiger partial charge in [0.15, 0.2) is 0 Å². The van der Waals surface area contributed by atoms with E-state index in [2.05, 4.69) is 13.8 Å². The summed E-state index contributed by atoms with van der Waals surface area (Å²) in [5, 5.41) is 7.75. The summed E-state index contributed by atoms with van der Waals surface area (Å²) in [6.45, 7) is 5.09. The fourth-order valence-electron chi connectivity index (χ4n) is 5.72. The second-order valence-electron chi connectivity index (χ2n) is 12.9. The fourth-order valence-corrected chi connectivity index (χ4v) is 6.97. The lowest BCUT2D eigenvalue weighted by molar-refractivity contribution is 0.306. The lowest BCUT2D eigenvalue weighted by Crippen LogP contribution is -2.02. The number of unbranched alkanes of at least 4 members (excludes halogenated alkanes) is 30. The molecule has 0 bridgehead atoms. The monoisotopic (exact) mass is 600 g/mol. The van der Waals surface area contributed by atoms with E-state index >= 15 is 0 Å². The molecule has 0 radical (unpaired) electrons. The van der Waals surface area contributed by atoms with Gasteiger partial charge in [-0.05, 0) is 25.2 Å². The van der Waals surface area contributed by atoms with E-state index in [0.717, 1.165) is 0 Å². The molecule has 3 N–H and O–H groups in total. The Balaban J connectivity index is 0. The van der Waals surface area contributed by atoms with Gasteiger partial charge >= 0.3 is 0 Å². The Morgan fingerprint density at radius 1 is 0.341 bits per heavy atom. The molecule has 0 amide bonds. The van der Waals surface area contributed by atoms with Crippen LogP contribution in [0.15, 0.2) is 0 Å². The third kappa shape index (κ3) is 47.5. The second-order valence-corrected chi connectivity index (χ2v) is 14.4.